The van der Waals surface area contributed by atoms with Gasteiger partial charge in [-0.1, -0.05) is 11.8 Å². The first-order chi connectivity index (χ1) is 13.9. The predicted molar refractivity (Wildman–Crippen MR) is 108 cm³/mol. The summed E-state index contributed by atoms with van der Waals surface area (Å²) in [4.78, 5) is 33.0. The zero-order chi connectivity index (χ0) is 21.0. The van der Waals surface area contributed by atoms with Crippen molar-refractivity contribution in [3.05, 3.63) is 41.2 Å². The quantitative estimate of drug-likeness (QED) is 0.462. The molecule has 0 spiro atoms. The number of nitrogens with one attached hydrogen (secondary N) is 1. The molecular formula is C19H21N5O4S. The molecule has 0 bridgehead atoms. The summed E-state index contributed by atoms with van der Waals surface area (Å²) >= 11 is 1.42. The largest absolute Gasteiger partial charge is 0.497 e. The molecule has 3 rings (SSSR count). The van der Waals surface area contributed by atoms with E-state index in [0.29, 0.717) is 33.6 Å². The lowest BCUT2D eigenvalue weighted by atomic mass is 10.1. The number of amides is 1. The topological polar surface area (TPSA) is 108 Å². The average molecular weight is 415 g/mol. The number of aromatic nitrogens is 4. The minimum absolute atomic E-state index is 0.00904. The summed E-state index contributed by atoms with van der Waals surface area (Å²) < 4.78 is 11.8. The van der Waals surface area contributed by atoms with Gasteiger partial charge in [-0.3, -0.25) is 9.59 Å². The number of rotatable bonds is 7. The van der Waals surface area contributed by atoms with Crippen molar-refractivity contribution in [3.8, 4) is 5.75 Å². The number of ether oxygens (including phenoxy) is 2. The van der Waals surface area contributed by atoms with Gasteiger partial charge in [0, 0.05) is 22.6 Å². The van der Waals surface area contributed by atoms with E-state index >= 15 is 0 Å². The first-order valence-electron chi connectivity index (χ1n) is 8.77. The number of carbonyl (C=O) groups is 2. The summed E-state index contributed by atoms with van der Waals surface area (Å²) in [7, 11) is 1.56. The predicted octanol–water partition coefficient (Wildman–Crippen LogP) is 2.20. The zero-order valence-corrected chi connectivity index (χ0v) is 17.4. The first-order valence-corrected chi connectivity index (χ1v) is 10.00. The fourth-order valence-electron chi connectivity index (χ4n) is 2.75. The number of fused-ring (bicyclic) bond motifs is 1. The molecule has 0 unspecified atom stereocenters. The number of anilines is 1. The molecule has 1 aromatic carbocycles. The van der Waals surface area contributed by atoms with Crippen LogP contribution >= 0.6 is 11.8 Å². The highest BCUT2D eigenvalue weighted by atomic mass is 32.2. The second-order valence-corrected chi connectivity index (χ2v) is 6.96. The highest BCUT2D eigenvalue weighted by Crippen LogP contribution is 2.18. The standard InChI is InChI=1S/C19H21N5O4S/c1-11-15(12(2)24-18(20-11)22-19(23-24)29-4)9-17(26)28-10-16(25)21-13-5-7-14(27-3)8-6-13/h5-8H,9-10H2,1-4H3,(H,21,25). The molecule has 2 heterocycles. The Hall–Kier alpha value is -3.14. The highest BCUT2D eigenvalue weighted by Gasteiger charge is 2.17. The molecule has 0 atom stereocenters. The summed E-state index contributed by atoms with van der Waals surface area (Å²) in [5.41, 5.74) is 2.73. The van der Waals surface area contributed by atoms with Crippen molar-refractivity contribution in [2.45, 2.75) is 25.4 Å². The van der Waals surface area contributed by atoms with Crippen molar-refractivity contribution < 1.29 is 19.1 Å². The maximum atomic E-state index is 12.3. The third-order valence-electron chi connectivity index (χ3n) is 4.27. The molecule has 152 valence electrons. The summed E-state index contributed by atoms with van der Waals surface area (Å²) in [5, 5.41) is 7.62. The molecule has 29 heavy (non-hydrogen) atoms. The van der Waals surface area contributed by atoms with Crippen LogP contribution in [-0.2, 0) is 20.7 Å². The van der Waals surface area contributed by atoms with Crippen molar-refractivity contribution in [3.63, 3.8) is 0 Å². The molecule has 3 aromatic rings. The highest BCUT2D eigenvalue weighted by molar-refractivity contribution is 7.98. The molecule has 0 aliphatic carbocycles. The second kappa shape index (κ2) is 8.91. The molecule has 0 saturated heterocycles. The maximum absolute atomic E-state index is 12.3. The zero-order valence-electron chi connectivity index (χ0n) is 16.6. The fraction of sp³-hybridized carbons (Fsp3) is 0.316. The normalized spacial score (nSPS) is 10.8. The van der Waals surface area contributed by atoms with Crippen molar-refractivity contribution in [2.24, 2.45) is 0 Å². The van der Waals surface area contributed by atoms with Crippen LogP contribution in [0.5, 0.6) is 5.75 Å². The van der Waals surface area contributed by atoms with Crippen molar-refractivity contribution >= 4 is 35.1 Å². The van der Waals surface area contributed by atoms with Crippen LogP contribution in [0, 0.1) is 13.8 Å². The van der Waals surface area contributed by atoms with Crippen molar-refractivity contribution in [2.75, 3.05) is 25.3 Å². The van der Waals surface area contributed by atoms with E-state index in [4.69, 9.17) is 9.47 Å². The number of hydrogen-bond acceptors (Lipinski definition) is 8. The van der Waals surface area contributed by atoms with E-state index in [1.807, 2.05) is 13.2 Å². The molecule has 0 aliphatic rings. The number of benzene rings is 1. The van der Waals surface area contributed by atoms with Crippen LogP contribution in [0.1, 0.15) is 17.0 Å². The smallest absolute Gasteiger partial charge is 0.310 e. The van der Waals surface area contributed by atoms with Gasteiger partial charge < -0.3 is 14.8 Å². The van der Waals surface area contributed by atoms with E-state index in [0.717, 1.165) is 5.69 Å². The van der Waals surface area contributed by atoms with Gasteiger partial charge in [0.2, 0.25) is 5.16 Å². The molecule has 1 N–H and O–H groups in total. The fourth-order valence-corrected chi connectivity index (χ4v) is 3.08. The lowest BCUT2D eigenvalue weighted by molar-refractivity contribution is -0.146. The van der Waals surface area contributed by atoms with Gasteiger partial charge in [0.05, 0.1) is 13.5 Å². The number of methoxy groups -OCH3 is 1. The molecule has 10 heteroatoms. The van der Waals surface area contributed by atoms with E-state index in [9.17, 15) is 9.59 Å². The van der Waals surface area contributed by atoms with Gasteiger partial charge >= 0.3 is 5.97 Å². The lowest BCUT2D eigenvalue weighted by Crippen LogP contribution is -2.22. The van der Waals surface area contributed by atoms with Gasteiger partial charge in [-0.15, -0.1) is 5.10 Å². The Labute approximate surface area is 171 Å². The average Bonchev–Trinajstić information content (AvgIpc) is 3.13. The summed E-state index contributed by atoms with van der Waals surface area (Å²) in [6.45, 7) is 3.28. The van der Waals surface area contributed by atoms with Crippen molar-refractivity contribution in [1.82, 2.24) is 19.6 Å². The number of carbonyl (C=O) groups excluding carboxylic acids is 2. The molecule has 0 saturated carbocycles. The van der Waals surface area contributed by atoms with Crippen LogP contribution in [0.25, 0.3) is 5.78 Å². The SMILES string of the molecule is COc1ccc(NC(=O)COC(=O)Cc2c(C)nc3nc(SC)nn3c2C)cc1. The van der Waals surface area contributed by atoms with Gasteiger partial charge in [-0.2, -0.15) is 4.98 Å². The molecular weight excluding hydrogens is 394 g/mol. The van der Waals surface area contributed by atoms with E-state index in [2.05, 4.69) is 20.4 Å². The van der Waals surface area contributed by atoms with E-state index in [1.165, 1.54) is 11.8 Å². The third-order valence-corrected chi connectivity index (χ3v) is 4.81. The summed E-state index contributed by atoms with van der Waals surface area (Å²) in [6, 6.07) is 6.85. The first kappa shape index (κ1) is 20.6. The van der Waals surface area contributed by atoms with Gasteiger partial charge in [-0.25, -0.2) is 9.50 Å². The molecule has 9 nitrogen and oxygen atoms in total. The van der Waals surface area contributed by atoms with Crippen LogP contribution < -0.4 is 10.1 Å². The Kier molecular flexibility index (Phi) is 6.32. The number of nitrogens with zero attached hydrogens (tertiary/aromatic N) is 4. The molecule has 0 fully saturated rings. The number of esters is 1. The van der Waals surface area contributed by atoms with Gasteiger partial charge in [0.1, 0.15) is 5.75 Å². The van der Waals surface area contributed by atoms with E-state index in [1.54, 1.807) is 42.8 Å². The minimum Gasteiger partial charge on any atom is -0.497 e. The molecule has 2 aromatic heterocycles. The maximum Gasteiger partial charge on any atom is 0.310 e. The van der Waals surface area contributed by atoms with Crippen molar-refractivity contribution in [1.29, 1.82) is 0 Å². The Balaban J connectivity index is 1.60. The summed E-state index contributed by atoms with van der Waals surface area (Å²) in [6.07, 6.45) is 1.87. The van der Waals surface area contributed by atoms with Crippen LogP contribution in [0.2, 0.25) is 0 Å². The molecule has 0 radical (unpaired) electrons. The monoisotopic (exact) mass is 415 g/mol. The van der Waals surface area contributed by atoms with Crippen LogP contribution in [0.3, 0.4) is 0 Å². The number of thioether (sulfide) groups is 1. The van der Waals surface area contributed by atoms with Gasteiger partial charge in [0.15, 0.2) is 6.61 Å². The van der Waals surface area contributed by atoms with Crippen LogP contribution in [0.4, 0.5) is 5.69 Å². The second-order valence-electron chi connectivity index (χ2n) is 6.19. The van der Waals surface area contributed by atoms with Gasteiger partial charge in [0.25, 0.3) is 11.7 Å². The molecule has 0 aliphatic heterocycles. The third kappa shape index (κ3) is 4.83. The Bertz CT molecular complexity index is 1050. The lowest BCUT2D eigenvalue weighted by Gasteiger charge is -2.10. The van der Waals surface area contributed by atoms with Gasteiger partial charge in [-0.05, 0) is 44.4 Å². The minimum atomic E-state index is -0.521. The number of aryl methyl sites for hydroxylation is 2. The summed E-state index contributed by atoms with van der Waals surface area (Å²) in [5.74, 6) is 0.224. The molecule has 1 amide bonds. The number of hydrogen-bond donors (Lipinski definition) is 1. The van der Waals surface area contributed by atoms with Crippen LogP contribution in [-0.4, -0.2) is 51.4 Å². The Morgan fingerprint density at radius 2 is 1.90 bits per heavy atom. The van der Waals surface area contributed by atoms with E-state index < -0.39 is 11.9 Å². The van der Waals surface area contributed by atoms with Crippen LogP contribution in [0.15, 0.2) is 29.4 Å². The Morgan fingerprint density at radius 1 is 1.17 bits per heavy atom. The van der Waals surface area contributed by atoms with E-state index in [-0.39, 0.29) is 13.0 Å². The Morgan fingerprint density at radius 3 is 2.55 bits per heavy atom.